The quantitative estimate of drug-likeness (QED) is 0.772. The standard InChI is InChI=1S/C19H30N2O2/c1-3-15(2)16-8-10-17(11-9-16)20-19(23)14-21-12-4-6-18(21)7-5-13-22/h8-11,15,18,22H,3-7,12-14H2,1-2H3,(H,20,23). The van der Waals surface area contributed by atoms with E-state index >= 15 is 0 Å². The molecule has 4 heteroatoms. The zero-order valence-electron chi connectivity index (χ0n) is 14.4. The molecule has 4 nitrogen and oxygen atoms in total. The molecule has 1 fully saturated rings. The lowest BCUT2D eigenvalue weighted by atomic mass is 9.99. The van der Waals surface area contributed by atoms with Gasteiger partial charge in [-0.25, -0.2) is 0 Å². The number of nitrogens with one attached hydrogen (secondary N) is 1. The molecule has 1 amide bonds. The lowest BCUT2D eigenvalue weighted by Gasteiger charge is -2.23. The summed E-state index contributed by atoms with van der Waals surface area (Å²) in [6.07, 6.45) is 5.20. The fourth-order valence-corrected chi connectivity index (χ4v) is 3.27. The second kappa shape index (κ2) is 9.04. The number of likely N-dealkylation sites (tertiary alicyclic amines) is 1. The van der Waals surface area contributed by atoms with Crippen LogP contribution in [0.3, 0.4) is 0 Å². The second-order valence-corrected chi connectivity index (χ2v) is 6.61. The molecule has 128 valence electrons. The van der Waals surface area contributed by atoms with Gasteiger partial charge in [0.25, 0.3) is 0 Å². The Morgan fingerprint density at radius 3 is 2.78 bits per heavy atom. The maximum atomic E-state index is 12.3. The van der Waals surface area contributed by atoms with Gasteiger partial charge in [-0.3, -0.25) is 9.69 Å². The smallest absolute Gasteiger partial charge is 0.238 e. The van der Waals surface area contributed by atoms with Crippen LogP contribution in [0.25, 0.3) is 0 Å². The molecule has 2 N–H and O–H groups in total. The van der Waals surface area contributed by atoms with E-state index in [2.05, 4.69) is 36.2 Å². The molecule has 1 saturated heterocycles. The average molecular weight is 318 g/mol. The first-order chi connectivity index (χ1) is 11.1. The maximum Gasteiger partial charge on any atom is 0.238 e. The molecular formula is C19H30N2O2. The van der Waals surface area contributed by atoms with Crippen LogP contribution in [0.1, 0.15) is 57.4 Å². The van der Waals surface area contributed by atoms with Gasteiger partial charge in [0.2, 0.25) is 5.91 Å². The van der Waals surface area contributed by atoms with E-state index in [4.69, 9.17) is 5.11 Å². The van der Waals surface area contributed by atoms with Gasteiger partial charge in [0.1, 0.15) is 0 Å². The Morgan fingerprint density at radius 1 is 1.39 bits per heavy atom. The molecule has 1 aliphatic heterocycles. The van der Waals surface area contributed by atoms with Crippen LogP contribution < -0.4 is 5.32 Å². The maximum absolute atomic E-state index is 12.3. The third-order valence-corrected chi connectivity index (χ3v) is 4.92. The van der Waals surface area contributed by atoms with E-state index in [9.17, 15) is 4.79 Å². The fraction of sp³-hybridized carbons (Fsp3) is 0.632. The Morgan fingerprint density at radius 2 is 2.13 bits per heavy atom. The van der Waals surface area contributed by atoms with Gasteiger partial charge in [0.15, 0.2) is 0 Å². The van der Waals surface area contributed by atoms with Crippen LogP contribution in [0, 0.1) is 0 Å². The highest BCUT2D eigenvalue weighted by Crippen LogP contribution is 2.22. The lowest BCUT2D eigenvalue weighted by Crippen LogP contribution is -2.36. The van der Waals surface area contributed by atoms with E-state index < -0.39 is 0 Å². The number of benzene rings is 1. The highest BCUT2D eigenvalue weighted by molar-refractivity contribution is 5.92. The molecule has 2 atom stereocenters. The van der Waals surface area contributed by atoms with Gasteiger partial charge >= 0.3 is 0 Å². The summed E-state index contributed by atoms with van der Waals surface area (Å²) in [6.45, 7) is 6.07. The number of anilines is 1. The van der Waals surface area contributed by atoms with Crippen molar-refractivity contribution in [1.82, 2.24) is 4.90 Å². The Balaban J connectivity index is 1.84. The van der Waals surface area contributed by atoms with Gasteiger partial charge in [-0.05, 0) is 62.3 Å². The molecule has 2 unspecified atom stereocenters. The molecular weight excluding hydrogens is 288 g/mol. The number of aliphatic hydroxyl groups is 1. The van der Waals surface area contributed by atoms with E-state index in [0.29, 0.717) is 18.5 Å². The normalized spacial score (nSPS) is 19.7. The Hall–Kier alpha value is -1.39. The first-order valence-corrected chi connectivity index (χ1v) is 8.88. The number of carbonyl (C=O) groups excluding carboxylic acids is 1. The molecule has 0 radical (unpaired) electrons. The first-order valence-electron chi connectivity index (χ1n) is 8.88. The Labute approximate surface area is 139 Å². The minimum Gasteiger partial charge on any atom is -0.396 e. The van der Waals surface area contributed by atoms with Crippen molar-refractivity contribution in [3.8, 4) is 0 Å². The molecule has 0 bridgehead atoms. The van der Waals surface area contributed by atoms with Gasteiger partial charge in [0.05, 0.1) is 6.54 Å². The largest absolute Gasteiger partial charge is 0.396 e. The molecule has 0 spiro atoms. The van der Waals surface area contributed by atoms with Crippen molar-refractivity contribution in [2.75, 3.05) is 25.0 Å². The predicted octanol–water partition coefficient (Wildman–Crippen LogP) is 3.38. The number of amides is 1. The summed E-state index contributed by atoms with van der Waals surface area (Å²) in [7, 11) is 0. The molecule has 1 aromatic carbocycles. The van der Waals surface area contributed by atoms with Crippen LogP contribution >= 0.6 is 0 Å². The van der Waals surface area contributed by atoms with E-state index in [1.165, 1.54) is 5.56 Å². The van der Waals surface area contributed by atoms with Crippen molar-refractivity contribution >= 4 is 11.6 Å². The van der Waals surface area contributed by atoms with Gasteiger partial charge in [0, 0.05) is 18.3 Å². The molecule has 23 heavy (non-hydrogen) atoms. The molecule has 1 heterocycles. The fourth-order valence-electron chi connectivity index (χ4n) is 3.27. The first kappa shape index (κ1) is 18.0. The van der Waals surface area contributed by atoms with E-state index in [0.717, 1.165) is 44.3 Å². The van der Waals surface area contributed by atoms with Crippen LogP contribution in [-0.4, -0.2) is 41.7 Å². The van der Waals surface area contributed by atoms with Gasteiger partial charge in [-0.15, -0.1) is 0 Å². The SMILES string of the molecule is CCC(C)c1ccc(NC(=O)CN2CCCC2CCCO)cc1. The highest BCUT2D eigenvalue weighted by Gasteiger charge is 2.25. The number of rotatable bonds is 8. The van der Waals surface area contributed by atoms with Crippen molar-refractivity contribution in [1.29, 1.82) is 0 Å². The third-order valence-electron chi connectivity index (χ3n) is 4.92. The molecule has 0 saturated carbocycles. The van der Waals surface area contributed by atoms with E-state index in [-0.39, 0.29) is 12.5 Å². The number of carbonyl (C=O) groups is 1. The summed E-state index contributed by atoms with van der Waals surface area (Å²) in [6, 6.07) is 8.63. The average Bonchev–Trinajstić information content (AvgIpc) is 2.99. The lowest BCUT2D eigenvalue weighted by molar-refractivity contribution is -0.117. The molecule has 1 aliphatic rings. The van der Waals surface area contributed by atoms with Crippen molar-refractivity contribution < 1.29 is 9.90 Å². The summed E-state index contributed by atoms with van der Waals surface area (Å²) in [5, 5.41) is 12.0. The molecule has 1 aromatic rings. The van der Waals surface area contributed by atoms with Crippen molar-refractivity contribution in [3.63, 3.8) is 0 Å². The van der Waals surface area contributed by atoms with Crippen molar-refractivity contribution in [3.05, 3.63) is 29.8 Å². The minimum atomic E-state index is 0.0530. The van der Waals surface area contributed by atoms with Crippen LogP contribution in [0.2, 0.25) is 0 Å². The third kappa shape index (κ3) is 5.33. The predicted molar refractivity (Wildman–Crippen MR) is 94.7 cm³/mol. The number of nitrogens with zero attached hydrogens (tertiary/aromatic N) is 1. The Kier molecular flexibility index (Phi) is 7.06. The van der Waals surface area contributed by atoms with Crippen LogP contribution in [0.15, 0.2) is 24.3 Å². The summed E-state index contributed by atoms with van der Waals surface area (Å²) in [5.41, 5.74) is 2.18. The number of hydrogen-bond acceptors (Lipinski definition) is 3. The van der Waals surface area contributed by atoms with Crippen LogP contribution in [-0.2, 0) is 4.79 Å². The van der Waals surface area contributed by atoms with Crippen molar-refractivity contribution in [2.45, 2.75) is 57.9 Å². The summed E-state index contributed by atoms with van der Waals surface area (Å²) in [4.78, 5) is 14.5. The van der Waals surface area contributed by atoms with E-state index in [1.54, 1.807) is 0 Å². The zero-order chi connectivity index (χ0) is 16.7. The Bertz CT molecular complexity index is 487. The van der Waals surface area contributed by atoms with Crippen LogP contribution in [0.5, 0.6) is 0 Å². The van der Waals surface area contributed by atoms with Crippen LogP contribution in [0.4, 0.5) is 5.69 Å². The number of hydrogen-bond donors (Lipinski definition) is 2. The van der Waals surface area contributed by atoms with Gasteiger partial charge < -0.3 is 10.4 Å². The zero-order valence-corrected chi connectivity index (χ0v) is 14.4. The second-order valence-electron chi connectivity index (χ2n) is 6.61. The highest BCUT2D eigenvalue weighted by atomic mass is 16.3. The summed E-state index contributed by atoms with van der Waals surface area (Å²) >= 11 is 0. The molecule has 0 aromatic heterocycles. The minimum absolute atomic E-state index is 0.0530. The summed E-state index contributed by atoms with van der Waals surface area (Å²) in [5.74, 6) is 0.605. The van der Waals surface area contributed by atoms with Crippen molar-refractivity contribution in [2.24, 2.45) is 0 Å². The monoisotopic (exact) mass is 318 g/mol. The molecule has 0 aliphatic carbocycles. The van der Waals surface area contributed by atoms with E-state index in [1.807, 2.05) is 12.1 Å². The van der Waals surface area contributed by atoms with Gasteiger partial charge in [-0.1, -0.05) is 26.0 Å². The number of aliphatic hydroxyl groups excluding tert-OH is 1. The topological polar surface area (TPSA) is 52.6 Å². The summed E-state index contributed by atoms with van der Waals surface area (Å²) < 4.78 is 0. The van der Waals surface area contributed by atoms with Gasteiger partial charge in [-0.2, -0.15) is 0 Å². The molecule has 2 rings (SSSR count).